The molecule has 1 aromatic rings. The normalized spacial score (nSPS) is 22.6. The van der Waals surface area contributed by atoms with E-state index >= 15 is 0 Å². The molecule has 4 nitrogen and oxygen atoms in total. The maximum atomic E-state index is 9.47. The van der Waals surface area contributed by atoms with E-state index in [9.17, 15) is 10.2 Å². The molecule has 0 amide bonds. The van der Waals surface area contributed by atoms with Crippen LogP contribution in [0.1, 0.15) is 19.4 Å². The highest BCUT2D eigenvalue weighted by Crippen LogP contribution is 2.30. The van der Waals surface area contributed by atoms with E-state index in [0.29, 0.717) is 6.54 Å². The first kappa shape index (κ1) is 14.8. The fourth-order valence-corrected chi connectivity index (χ4v) is 2.89. The molecule has 5 heteroatoms. The Hall–Kier alpha value is -0.620. The molecule has 2 rings (SSSR count). The molecule has 19 heavy (non-hydrogen) atoms. The van der Waals surface area contributed by atoms with Gasteiger partial charge < -0.3 is 19.8 Å². The zero-order valence-corrected chi connectivity index (χ0v) is 12.9. The zero-order valence-electron chi connectivity index (χ0n) is 11.3. The summed E-state index contributed by atoms with van der Waals surface area (Å²) >= 11 is 3.46. The third kappa shape index (κ3) is 3.48. The van der Waals surface area contributed by atoms with Gasteiger partial charge in [-0.1, -0.05) is 22.0 Å². The van der Waals surface area contributed by atoms with Crippen LogP contribution < -0.4 is 4.90 Å². The molecule has 106 valence electrons. The van der Waals surface area contributed by atoms with Gasteiger partial charge >= 0.3 is 0 Å². The number of anilines is 1. The summed E-state index contributed by atoms with van der Waals surface area (Å²) in [6.45, 7) is 5.39. The largest absolute Gasteiger partial charge is 0.394 e. The van der Waals surface area contributed by atoms with E-state index in [1.165, 1.54) is 0 Å². The van der Waals surface area contributed by atoms with Gasteiger partial charge in [-0.2, -0.15) is 0 Å². The summed E-state index contributed by atoms with van der Waals surface area (Å²) in [7, 11) is 0. The predicted molar refractivity (Wildman–Crippen MR) is 78.3 cm³/mol. The second kappa shape index (κ2) is 5.79. The van der Waals surface area contributed by atoms with E-state index in [1.807, 2.05) is 32.0 Å². The van der Waals surface area contributed by atoms with Crippen molar-refractivity contribution >= 4 is 21.6 Å². The van der Waals surface area contributed by atoms with Gasteiger partial charge in [-0.25, -0.2) is 0 Å². The van der Waals surface area contributed by atoms with E-state index in [1.54, 1.807) is 0 Å². The highest BCUT2D eigenvalue weighted by molar-refractivity contribution is 9.10. The predicted octanol–water partition coefficient (Wildman–Crippen LogP) is 1.92. The van der Waals surface area contributed by atoms with Crippen molar-refractivity contribution < 1.29 is 14.9 Å². The second-order valence-electron chi connectivity index (χ2n) is 5.49. The van der Waals surface area contributed by atoms with Gasteiger partial charge in [0.2, 0.25) is 0 Å². The zero-order chi connectivity index (χ0) is 14.0. The first-order valence-electron chi connectivity index (χ1n) is 6.38. The molecular formula is C14H20BrNO3. The standard InChI is InChI=1S/C14H20BrNO3/c1-14(2)9-16(6-12(8-18)19-14)13-5-11(15)4-3-10(13)7-17/h3-5,12,17-18H,6-9H2,1-2H3. The molecule has 0 aliphatic carbocycles. The molecule has 1 saturated heterocycles. The van der Waals surface area contributed by atoms with Gasteiger partial charge in [0.05, 0.1) is 24.9 Å². The number of rotatable bonds is 3. The van der Waals surface area contributed by atoms with Crippen molar-refractivity contribution in [2.45, 2.75) is 32.2 Å². The Balaban J connectivity index is 2.32. The van der Waals surface area contributed by atoms with Crippen LogP contribution in [0.4, 0.5) is 5.69 Å². The minimum atomic E-state index is -0.319. The van der Waals surface area contributed by atoms with Gasteiger partial charge in [0.25, 0.3) is 0 Å². The fraction of sp³-hybridized carbons (Fsp3) is 0.571. The number of nitrogens with zero attached hydrogens (tertiary/aromatic N) is 1. The Morgan fingerprint density at radius 1 is 1.42 bits per heavy atom. The average Bonchev–Trinajstić information content (AvgIpc) is 2.36. The highest BCUT2D eigenvalue weighted by atomic mass is 79.9. The summed E-state index contributed by atoms with van der Waals surface area (Å²) in [6, 6.07) is 5.83. The Morgan fingerprint density at radius 3 is 2.79 bits per heavy atom. The van der Waals surface area contributed by atoms with Crippen molar-refractivity contribution in [3.8, 4) is 0 Å². The van der Waals surface area contributed by atoms with Crippen LogP contribution in [-0.2, 0) is 11.3 Å². The van der Waals surface area contributed by atoms with Crippen molar-refractivity contribution in [1.29, 1.82) is 0 Å². The molecule has 0 bridgehead atoms. The van der Waals surface area contributed by atoms with Crippen LogP contribution in [-0.4, -0.2) is 41.6 Å². The molecule has 1 fully saturated rings. The monoisotopic (exact) mass is 329 g/mol. The van der Waals surface area contributed by atoms with Gasteiger partial charge in [-0.3, -0.25) is 0 Å². The van der Waals surface area contributed by atoms with E-state index in [2.05, 4.69) is 20.8 Å². The smallest absolute Gasteiger partial charge is 0.0988 e. The van der Waals surface area contributed by atoms with Crippen molar-refractivity contribution in [1.82, 2.24) is 0 Å². The van der Waals surface area contributed by atoms with E-state index in [0.717, 1.165) is 22.3 Å². The SMILES string of the molecule is CC1(C)CN(c2cc(Br)ccc2CO)CC(CO)O1. The summed E-state index contributed by atoms with van der Waals surface area (Å²) in [6.07, 6.45) is -0.200. The van der Waals surface area contributed by atoms with Crippen LogP contribution in [0.3, 0.4) is 0 Å². The number of aliphatic hydroxyl groups is 2. The van der Waals surface area contributed by atoms with Crippen LogP contribution in [0, 0.1) is 0 Å². The summed E-state index contributed by atoms with van der Waals surface area (Å²) in [5.74, 6) is 0. The number of morpholine rings is 1. The lowest BCUT2D eigenvalue weighted by molar-refractivity contribution is -0.101. The topological polar surface area (TPSA) is 52.9 Å². The lowest BCUT2D eigenvalue weighted by atomic mass is 10.0. The van der Waals surface area contributed by atoms with Crippen LogP contribution in [0.2, 0.25) is 0 Å². The third-order valence-electron chi connectivity index (χ3n) is 3.24. The van der Waals surface area contributed by atoms with E-state index in [-0.39, 0.29) is 24.9 Å². The first-order chi connectivity index (χ1) is 8.95. The second-order valence-corrected chi connectivity index (χ2v) is 6.41. The summed E-state index contributed by atoms with van der Waals surface area (Å²) < 4.78 is 6.79. The van der Waals surface area contributed by atoms with Crippen molar-refractivity contribution in [2.75, 3.05) is 24.6 Å². The van der Waals surface area contributed by atoms with Crippen LogP contribution >= 0.6 is 15.9 Å². The Morgan fingerprint density at radius 2 is 2.16 bits per heavy atom. The van der Waals surface area contributed by atoms with Gasteiger partial charge in [-0.05, 0) is 26.0 Å². The number of ether oxygens (including phenoxy) is 1. The number of aliphatic hydroxyl groups excluding tert-OH is 2. The van der Waals surface area contributed by atoms with Gasteiger partial charge in [0, 0.05) is 28.8 Å². The molecular weight excluding hydrogens is 310 g/mol. The van der Waals surface area contributed by atoms with Crippen LogP contribution in [0.15, 0.2) is 22.7 Å². The molecule has 0 aromatic heterocycles. The van der Waals surface area contributed by atoms with E-state index < -0.39 is 0 Å². The quantitative estimate of drug-likeness (QED) is 0.889. The maximum absolute atomic E-state index is 9.47. The molecule has 1 aliphatic rings. The lowest BCUT2D eigenvalue weighted by Gasteiger charge is -2.44. The molecule has 0 spiro atoms. The third-order valence-corrected chi connectivity index (χ3v) is 3.74. The molecule has 1 unspecified atom stereocenters. The van der Waals surface area contributed by atoms with Gasteiger partial charge in [0.1, 0.15) is 0 Å². The van der Waals surface area contributed by atoms with Gasteiger partial charge in [0.15, 0.2) is 0 Å². The molecule has 0 saturated carbocycles. The molecule has 0 radical (unpaired) electrons. The summed E-state index contributed by atoms with van der Waals surface area (Å²) in [5.41, 5.74) is 1.56. The molecule has 1 heterocycles. The minimum Gasteiger partial charge on any atom is -0.394 e. The summed E-state index contributed by atoms with van der Waals surface area (Å²) in [4.78, 5) is 2.17. The average molecular weight is 330 g/mol. The van der Waals surface area contributed by atoms with Crippen molar-refractivity contribution in [3.63, 3.8) is 0 Å². The van der Waals surface area contributed by atoms with Gasteiger partial charge in [-0.15, -0.1) is 0 Å². The lowest BCUT2D eigenvalue weighted by Crippen LogP contribution is -2.54. The molecule has 1 aliphatic heterocycles. The Kier molecular flexibility index (Phi) is 4.50. The fourth-order valence-electron chi connectivity index (χ4n) is 2.54. The minimum absolute atomic E-state index is 0.00237. The number of benzene rings is 1. The molecule has 2 N–H and O–H groups in total. The Bertz CT molecular complexity index is 450. The maximum Gasteiger partial charge on any atom is 0.0988 e. The van der Waals surface area contributed by atoms with Crippen LogP contribution in [0.25, 0.3) is 0 Å². The first-order valence-corrected chi connectivity index (χ1v) is 7.17. The van der Waals surface area contributed by atoms with Crippen LogP contribution in [0.5, 0.6) is 0 Å². The van der Waals surface area contributed by atoms with Crippen molar-refractivity contribution in [3.05, 3.63) is 28.2 Å². The van der Waals surface area contributed by atoms with Crippen molar-refractivity contribution in [2.24, 2.45) is 0 Å². The van der Waals surface area contributed by atoms with E-state index in [4.69, 9.17) is 4.74 Å². The number of hydrogen-bond acceptors (Lipinski definition) is 4. The Labute approximate surface area is 122 Å². The number of halogens is 1. The molecule has 1 aromatic carbocycles. The summed E-state index contributed by atoms with van der Waals surface area (Å²) in [5, 5.41) is 18.8. The number of hydrogen-bond donors (Lipinski definition) is 2. The molecule has 1 atom stereocenters. The highest BCUT2D eigenvalue weighted by Gasteiger charge is 2.33.